The molecule has 0 spiro atoms. The van der Waals surface area contributed by atoms with Gasteiger partial charge in [-0.15, -0.1) is 0 Å². The van der Waals surface area contributed by atoms with E-state index in [-0.39, 0.29) is 5.56 Å². The second-order valence-corrected chi connectivity index (χ2v) is 3.85. The molecule has 0 saturated heterocycles. The third-order valence-corrected chi connectivity index (χ3v) is 2.64. The van der Waals surface area contributed by atoms with Crippen molar-refractivity contribution in [3.63, 3.8) is 0 Å². The minimum Gasteiger partial charge on any atom is -0.319 e. The second-order valence-electron chi connectivity index (χ2n) is 3.85. The summed E-state index contributed by atoms with van der Waals surface area (Å²) in [4.78, 5) is 4.13. The van der Waals surface area contributed by atoms with E-state index in [1.165, 1.54) is 12.1 Å². The van der Waals surface area contributed by atoms with Gasteiger partial charge in [0.2, 0.25) is 0 Å². The molecule has 1 unspecified atom stereocenters. The van der Waals surface area contributed by atoms with Crippen LogP contribution in [0.1, 0.15) is 22.9 Å². The molecule has 4 heteroatoms. The average Bonchev–Trinajstić information content (AvgIpc) is 2.29. The van der Waals surface area contributed by atoms with Crippen molar-refractivity contribution in [1.82, 2.24) is 4.98 Å². The van der Waals surface area contributed by atoms with Gasteiger partial charge in [-0.05, 0) is 24.6 Å². The molecule has 0 bridgehead atoms. The first-order valence-corrected chi connectivity index (χ1v) is 5.21. The number of benzene rings is 1. The van der Waals surface area contributed by atoms with Gasteiger partial charge in [-0.25, -0.2) is 8.78 Å². The number of hydrogen-bond donors (Lipinski definition) is 1. The van der Waals surface area contributed by atoms with E-state index in [1.807, 2.05) is 13.0 Å². The Morgan fingerprint density at radius 1 is 1.24 bits per heavy atom. The quantitative estimate of drug-likeness (QED) is 0.867. The van der Waals surface area contributed by atoms with Crippen LogP contribution in [0, 0.1) is 18.6 Å². The third kappa shape index (κ3) is 2.31. The van der Waals surface area contributed by atoms with Crippen LogP contribution >= 0.6 is 0 Å². The van der Waals surface area contributed by atoms with E-state index in [4.69, 9.17) is 5.73 Å². The Morgan fingerprint density at radius 3 is 2.65 bits per heavy atom. The molecule has 2 N–H and O–H groups in total. The standard InChI is InChI=1S/C13H12F2N2/c1-8-3-2-6-17-13(8)12(16)10-5-4-9(14)7-11(10)15/h2-7,12H,16H2,1H3. The van der Waals surface area contributed by atoms with Crippen molar-refractivity contribution in [1.29, 1.82) is 0 Å². The molecule has 17 heavy (non-hydrogen) atoms. The van der Waals surface area contributed by atoms with Gasteiger partial charge in [0.05, 0.1) is 11.7 Å². The van der Waals surface area contributed by atoms with Crippen LogP contribution < -0.4 is 5.73 Å². The van der Waals surface area contributed by atoms with E-state index in [0.29, 0.717) is 5.69 Å². The number of nitrogens with zero attached hydrogens (tertiary/aromatic N) is 1. The summed E-state index contributed by atoms with van der Waals surface area (Å²) in [6.45, 7) is 1.85. The van der Waals surface area contributed by atoms with Crippen molar-refractivity contribution in [2.45, 2.75) is 13.0 Å². The molecule has 1 aromatic carbocycles. The number of nitrogens with two attached hydrogens (primary N) is 1. The number of aryl methyl sites for hydroxylation is 1. The Morgan fingerprint density at radius 2 is 2.00 bits per heavy atom. The molecule has 1 aromatic heterocycles. The van der Waals surface area contributed by atoms with Gasteiger partial charge in [0, 0.05) is 17.8 Å². The fourth-order valence-corrected chi connectivity index (χ4v) is 1.72. The van der Waals surface area contributed by atoms with E-state index in [1.54, 1.807) is 12.3 Å². The van der Waals surface area contributed by atoms with E-state index < -0.39 is 17.7 Å². The lowest BCUT2D eigenvalue weighted by molar-refractivity contribution is 0.564. The van der Waals surface area contributed by atoms with Crippen LogP contribution in [0.25, 0.3) is 0 Å². The van der Waals surface area contributed by atoms with Gasteiger partial charge in [-0.1, -0.05) is 12.1 Å². The van der Waals surface area contributed by atoms with Gasteiger partial charge < -0.3 is 5.73 Å². The lowest BCUT2D eigenvalue weighted by Gasteiger charge is -2.14. The van der Waals surface area contributed by atoms with Crippen molar-refractivity contribution in [3.05, 3.63) is 65.0 Å². The van der Waals surface area contributed by atoms with Crippen LogP contribution in [0.4, 0.5) is 8.78 Å². The lowest BCUT2D eigenvalue weighted by atomic mass is 10.0. The number of halogens is 2. The lowest BCUT2D eigenvalue weighted by Crippen LogP contribution is -2.16. The zero-order valence-electron chi connectivity index (χ0n) is 9.32. The maximum Gasteiger partial charge on any atom is 0.131 e. The highest BCUT2D eigenvalue weighted by Crippen LogP contribution is 2.23. The van der Waals surface area contributed by atoms with Crippen molar-refractivity contribution >= 4 is 0 Å². The summed E-state index contributed by atoms with van der Waals surface area (Å²) in [7, 11) is 0. The fourth-order valence-electron chi connectivity index (χ4n) is 1.72. The summed E-state index contributed by atoms with van der Waals surface area (Å²) in [5.41, 5.74) is 7.66. The molecule has 1 atom stereocenters. The first-order valence-electron chi connectivity index (χ1n) is 5.21. The smallest absolute Gasteiger partial charge is 0.131 e. The maximum atomic E-state index is 13.6. The number of aromatic nitrogens is 1. The predicted octanol–water partition coefficient (Wildman–Crippen LogP) is 2.72. The highest BCUT2D eigenvalue weighted by molar-refractivity contribution is 5.32. The zero-order valence-corrected chi connectivity index (χ0v) is 9.32. The topological polar surface area (TPSA) is 38.9 Å². The third-order valence-electron chi connectivity index (χ3n) is 2.64. The Bertz CT molecular complexity index is 541. The summed E-state index contributed by atoms with van der Waals surface area (Å²) >= 11 is 0. The van der Waals surface area contributed by atoms with Crippen LogP contribution in [0.2, 0.25) is 0 Å². The second kappa shape index (κ2) is 4.59. The molecule has 2 aromatic rings. The maximum absolute atomic E-state index is 13.6. The van der Waals surface area contributed by atoms with Gasteiger partial charge >= 0.3 is 0 Å². The van der Waals surface area contributed by atoms with Crippen LogP contribution in [0.3, 0.4) is 0 Å². The summed E-state index contributed by atoms with van der Waals surface area (Å²) < 4.78 is 26.4. The molecule has 0 amide bonds. The van der Waals surface area contributed by atoms with Gasteiger partial charge in [-0.2, -0.15) is 0 Å². The monoisotopic (exact) mass is 234 g/mol. The van der Waals surface area contributed by atoms with E-state index in [9.17, 15) is 8.78 Å². The van der Waals surface area contributed by atoms with Gasteiger partial charge in [0.15, 0.2) is 0 Å². The van der Waals surface area contributed by atoms with E-state index in [0.717, 1.165) is 11.6 Å². The molecule has 2 rings (SSSR count). The van der Waals surface area contributed by atoms with E-state index >= 15 is 0 Å². The van der Waals surface area contributed by atoms with Crippen LogP contribution in [0.15, 0.2) is 36.5 Å². The summed E-state index contributed by atoms with van der Waals surface area (Å²) in [6, 6.07) is 6.32. The first-order chi connectivity index (χ1) is 8.09. The largest absolute Gasteiger partial charge is 0.319 e. The average molecular weight is 234 g/mol. The molecule has 0 aliphatic rings. The van der Waals surface area contributed by atoms with Gasteiger partial charge in [-0.3, -0.25) is 4.98 Å². The van der Waals surface area contributed by atoms with Crippen LogP contribution in [-0.4, -0.2) is 4.98 Å². The Kier molecular flexibility index (Phi) is 3.15. The van der Waals surface area contributed by atoms with Crippen molar-refractivity contribution < 1.29 is 8.78 Å². The summed E-state index contributed by atoms with van der Waals surface area (Å²) in [5.74, 6) is -1.27. The Balaban J connectivity index is 2.44. The molecule has 2 nitrogen and oxygen atoms in total. The van der Waals surface area contributed by atoms with Crippen molar-refractivity contribution in [2.24, 2.45) is 5.73 Å². The summed E-state index contributed by atoms with van der Waals surface area (Å²) in [6.07, 6.45) is 1.60. The highest BCUT2D eigenvalue weighted by atomic mass is 19.1. The fraction of sp³-hybridized carbons (Fsp3) is 0.154. The Hall–Kier alpha value is -1.81. The highest BCUT2D eigenvalue weighted by Gasteiger charge is 2.16. The molecule has 0 aliphatic carbocycles. The Labute approximate surface area is 98.1 Å². The van der Waals surface area contributed by atoms with Crippen LogP contribution in [-0.2, 0) is 0 Å². The van der Waals surface area contributed by atoms with Crippen molar-refractivity contribution in [3.8, 4) is 0 Å². The summed E-state index contributed by atoms with van der Waals surface area (Å²) in [5, 5.41) is 0. The molecule has 0 saturated carbocycles. The number of pyridine rings is 1. The zero-order chi connectivity index (χ0) is 12.4. The number of hydrogen-bond acceptors (Lipinski definition) is 2. The molecule has 88 valence electrons. The SMILES string of the molecule is Cc1cccnc1C(N)c1ccc(F)cc1F. The molecular weight excluding hydrogens is 222 g/mol. The van der Waals surface area contributed by atoms with Gasteiger partial charge in [0.1, 0.15) is 11.6 Å². The number of rotatable bonds is 2. The molecule has 0 aliphatic heterocycles. The predicted molar refractivity (Wildman–Crippen MR) is 61.4 cm³/mol. The normalized spacial score (nSPS) is 12.5. The van der Waals surface area contributed by atoms with Gasteiger partial charge in [0.25, 0.3) is 0 Å². The van der Waals surface area contributed by atoms with Crippen LogP contribution in [0.5, 0.6) is 0 Å². The minimum absolute atomic E-state index is 0.244. The molecular formula is C13H12F2N2. The van der Waals surface area contributed by atoms with E-state index in [2.05, 4.69) is 4.98 Å². The van der Waals surface area contributed by atoms with Crippen molar-refractivity contribution in [2.75, 3.05) is 0 Å². The molecule has 0 radical (unpaired) electrons. The molecule has 0 fully saturated rings. The first kappa shape index (κ1) is 11.7. The molecule has 1 heterocycles. The minimum atomic E-state index is -0.684.